The first kappa shape index (κ1) is 19.3. The van der Waals surface area contributed by atoms with E-state index in [0.29, 0.717) is 18.0 Å². The van der Waals surface area contributed by atoms with Crippen LogP contribution in [0.1, 0.15) is 24.1 Å². The van der Waals surface area contributed by atoms with Crippen molar-refractivity contribution in [1.82, 2.24) is 15.1 Å². The van der Waals surface area contributed by atoms with Crippen LogP contribution in [0.15, 0.2) is 60.9 Å². The molecule has 28 heavy (non-hydrogen) atoms. The summed E-state index contributed by atoms with van der Waals surface area (Å²) in [6.07, 6.45) is 3.66. The molecule has 3 rings (SSSR count). The van der Waals surface area contributed by atoms with E-state index in [4.69, 9.17) is 9.47 Å². The minimum absolute atomic E-state index is 0.195. The van der Waals surface area contributed by atoms with Crippen LogP contribution in [0.3, 0.4) is 0 Å². The van der Waals surface area contributed by atoms with Gasteiger partial charge in [-0.1, -0.05) is 18.2 Å². The Hall–Kier alpha value is -3.48. The van der Waals surface area contributed by atoms with Gasteiger partial charge in [0.05, 0.1) is 26.8 Å². The van der Waals surface area contributed by atoms with Crippen LogP contribution in [-0.4, -0.2) is 30.0 Å². The molecule has 0 saturated carbocycles. The summed E-state index contributed by atoms with van der Waals surface area (Å²) in [5, 5.41) is 9.96. The molecule has 146 valence electrons. The number of benzene rings is 2. The van der Waals surface area contributed by atoms with Crippen molar-refractivity contribution in [3.8, 4) is 11.5 Å². The SMILES string of the molecule is COc1ccc(C(C)NC(=O)Nc2ccc(Cn3cccn3)cc2)cc1OC. The van der Waals surface area contributed by atoms with E-state index in [9.17, 15) is 4.79 Å². The Labute approximate surface area is 164 Å². The van der Waals surface area contributed by atoms with Gasteiger partial charge in [0.25, 0.3) is 0 Å². The topological polar surface area (TPSA) is 77.4 Å². The Morgan fingerprint density at radius 3 is 2.50 bits per heavy atom. The number of rotatable bonds is 7. The third kappa shape index (κ3) is 4.82. The zero-order chi connectivity index (χ0) is 19.9. The van der Waals surface area contributed by atoms with Crippen molar-refractivity contribution in [2.75, 3.05) is 19.5 Å². The van der Waals surface area contributed by atoms with E-state index in [1.54, 1.807) is 20.4 Å². The van der Waals surface area contributed by atoms with Crippen LogP contribution in [0, 0.1) is 0 Å². The summed E-state index contributed by atoms with van der Waals surface area (Å²) in [4.78, 5) is 12.3. The molecule has 7 heteroatoms. The van der Waals surface area contributed by atoms with Crippen molar-refractivity contribution in [1.29, 1.82) is 0 Å². The van der Waals surface area contributed by atoms with Gasteiger partial charge in [-0.15, -0.1) is 0 Å². The van der Waals surface area contributed by atoms with E-state index in [0.717, 1.165) is 16.8 Å². The number of amides is 2. The van der Waals surface area contributed by atoms with Gasteiger partial charge in [0.2, 0.25) is 0 Å². The molecule has 1 unspecified atom stereocenters. The fourth-order valence-corrected chi connectivity index (χ4v) is 2.84. The smallest absolute Gasteiger partial charge is 0.319 e. The van der Waals surface area contributed by atoms with Gasteiger partial charge in [-0.25, -0.2) is 4.79 Å². The van der Waals surface area contributed by atoms with Crippen molar-refractivity contribution >= 4 is 11.7 Å². The summed E-state index contributed by atoms with van der Waals surface area (Å²) < 4.78 is 12.4. The van der Waals surface area contributed by atoms with E-state index in [-0.39, 0.29) is 12.1 Å². The van der Waals surface area contributed by atoms with Crippen LogP contribution < -0.4 is 20.1 Å². The van der Waals surface area contributed by atoms with Crippen LogP contribution in [0.2, 0.25) is 0 Å². The maximum absolute atomic E-state index is 12.3. The lowest BCUT2D eigenvalue weighted by Crippen LogP contribution is -2.31. The number of methoxy groups -OCH3 is 2. The summed E-state index contributed by atoms with van der Waals surface area (Å²) in [6, 6.07) is 14.7. The molecule has 0 saturated heterocycles. The van der Waals surface area contributed by atoms with E-state index < -0.39 is 0 Å². The molecule has 1 heterocycles. The Kier molecular flexibility index (Phi) is 6.16. The second-order valence-corrected chi connectivity index (χ2v) is 6.34. The number of nitrogens with one attached hydrogen (secondary N) is 2. The minimum atomic E-state index is -0.276. The molecule has 1 aromatic heterocycles. The molecule has 0 aliphatic carbocycles. The Morgan fingerprint density at radius 2 is 1.86 bits per heavy atom. The van der Waals surface area contributed by atoms with Crippen molar-refractivity contribution in [3.63, 3.8) is 0 Å². The van der Waals surface area contributed by atoms with E-state index >= 15 is 0 Å². The molecule has 2 amide bonds. The predicted octanol–water partition coefficient (Wildman–Crippen LogP) is 3.83. The number of carbonyl (C=O) groups excluding carboxylic acids is 1. The van der Waals surface area contributed by atoms with Gasteiger partial charge in [-0.05, 0) is 48.4 Å². The molecule has 0 bridgehead atoms. The van der Waals surface area contributed by atoms with Gasteiger partial charge in [-0.3, -0.25) is 4.68 Å². The Bertz CT molecular complexity index is 908. The highest BCUT2D eigenvalue weighted by molar-refractivity contribution is 5.89. The fourth-order valence-electron chi connectivity index (χ4n) is 2.84. The number of hydrogen-bond donors (Lipinski definition) is 2. The Morgan fingerprint density at radius 1 is 1.11 bits per heavy atom. The standard InChI is InChI=1S/C21H24N4O3/c1-15(17-7-10-19(27-2)20(13-17)28-3)23-21(26)24-18-8-5-16(6-9-18)14-25-12-4-11-22-25/h4-13,15H,14H2,1-3H3,(H2,23,24,26). The number of nitrogens with zero attached hydrogens (tertiary/aromatic N) is 2. The number of ether oxygens (including phenoxy) is 2. The van der Waals surface area contributed by atoms with E-state index in [2.05, 4.69) is 15.7 Å². The lowest BCUT2D eigenvalue weighted by Gasteiger charge is -2.17. The van der Waals surface area contributed by atoms with Crippen molar-refractivity contribution in [2.45, 2.75) is 19.5 Å². The molecule has 1 atom stereocenters. The molecule has 7 nitrogen and oxygen atoms in total. The van der Waals surface area contributed by atoms with Gasteiger partial charge in [0, 0.05) is 18.1 Å². The lowest BCUT2D eigenvalue weighted by molar-refractivity contribution is 0.249. The maximum Gasteiger partial charge on any atom is 0.319 e. The average molecular weight is 380 g/mol. The fraction of sp³-hybridized carbons (Fsp3) is 0.238. The minimum Gasteiger partial charge on any atom is -0.493 e. The first-order valence-corrected chi connectivity index (χ1v) is 8.95. The first-order valence-electron chi connectivity index (χ1n) is 8.95. The van der Waals surface area contributed by atoms with Gasteiger partial charge in [0.15, 0.2) is 11.5 Å². The number of aromatic nitrogens is 2. The largest absolute Gasteiger partial charge is 0.493 e. The monoisotopic (exact) mass is 380 g/mol. The summed E-state index contributed by atoms with van der Waals surface area (Å²) in [7, 11) is 3.18. The van der Waals surface area contributed by atoms with Crippen molar-refractivity contribution < 1.29 is 14.3 Å². The molecule has 3 aromatic rings. The first-order chi connectivity index (χ1) is 13.6. The van der Waals surface area contributed by atoms with Gasteiger partial charge >= 0.3 is 6.03 Å². The quantitative estimate of drug-likeness (QED) is 0.653. The third-order valence-electron chi connectivity index (χ3n) is 4.37. The second kappa shape index (κ2) is 8.94. The normalized spacial score (nSPS) is 11.5. The van der Waals surface area contributed by atoms with E-state index in [1.807, 2.05) is 66.3 Å². The highest BCUT2D eigenvalue weighted by Crippen LogP contribution is 2.29. The van der Waals surface area contributed by atoms with E-state index in [1.165, 1.54) is 0 Å². The molecule has 2 aromatic carbocycles. The summed E-state index contributed by atoms with van der Waals surface area (Å²) in [5.74, 6) is 1.28. The zero-order valence-corrected chi connectivity index (χ0v) is 16.2. The molecule has 0 fully saturated rings. The predicted molar refractivity (Wildman–Crippen MR) is 108 cm³/mol. The Balaban J connectivity index is 1.57. The molecule has 2 N–H and O–H groups in total. The highest BCUT2D eigenvalue weighted by Gasteiger charge is 2.13. The van der Waals surface area contributed by atoms with Gasteiger partial charge in [-0.2, -0.15) is 5.10 Å². The van der Waals surface area contributed by atoms with Crippen LogP contribution >= 0.6 is 0 Å². The molecular weight excluding hydrogens is 356 g/mol. The lowest BCUT2D eigenvalue weighted by atomic mass is 10.1. The van der Waals surface area contributed by atoms with Gasteiger partial charge < -0.3 is 20.1 Å². The average Bonchev–Trinajstić information content (AvgIpc) is 3.21. The number of hydrogen-bond acceptors (Lipinski definition) is 4. The molecular formula is C21H24N4O3. The maximum atomic E-state index is 12.3. The summed E-state index contributed by atoms with van der Waals surface area (Å²) in [6.45, 7) is 2.60. The van der Waals surface area contributed by atoms with Crippen molar-refractivity contribution in [2.24, 2.45) is 0 Å². The number of carbonyl (C=O) groups is 1. The summed E-state index contributed by atoms with van der Waals surface area (Å²) in [5.41, 5.74) is 2.75. The molecule has 0 radical (unpaired) electrons. The molecule has 0 aliphatic heterocycles. The third-order valence-corrected chi connectivity index (χ3v) is 4.37. The van der Waals surface area contributed by atoms with Crippen LogP contribution in [-0.2, 0) is 6.54 Å². The van der Waals surface area contributed by atoms with Crippen LogP contribution in [0.5, 0.6) is 11.5 Å². The number of urea groups is 1. The zero-order valence-electron chi connectivity index (χ0n) is 16.2. The second-order valence-electron chi connectivity index (χ2n) is 6.34. The van der Waals surface area contributed by atoms with Gasteiger partial charge in [0.1, 0.15) is 0 Å². The van der Waals surface area contributed by atoms with Crippen LogP contribution in [0.25, 0.3) is 0 Å². The van der Waals surface area contributed by atoms with Crippen LogP contribution in [0.4, 0.5) is 10.5 Å². The summed E-state index contributed by atoms with van der Waals surface area (Å²) >= 11 is 0. The molecule has 0 aliphatic rings. The number of anilines is 1. The highest BCUT2D eigenvalue weighted by atomic mass is 16.5. The molecule has 0 spiro atoms. The van der Waals surface area contributed by atoms with Crippen molar-refractivity contribution in [3.05, 3.63) is 72.1 Å².